The van der Waals surface area contributed by atoms with Gasteiger partial charge in [0.05, 0.1) is 0 Å². The van der Waals surface area contributed by atoms with Crippen molar-refractivity contribution in [3.05, 3.63) is 48.0 Å². The summed E-state index contributed by atoms with van der Waals surface area (Å²) in [5.41, 5.74) is 1.40. The van der Waals surface area contributed by atoms with Crippen LogP contribution in [0, 0.1) is 0 Å². The van der Waals surface area contributed by atoms with Crippen molar-refractivity contribution in [2.75, 3.05) is 0 Å². The van der Waals surface area contributed by atoms with Crippen LogP contribution in [-0.2, 0) is 11.2 Å². The lowest BCUT2D eigenvalue weighted by molar-refractivity contribution is -0.117. The summed E-state index contributed by atoms with van der Waals surface area (Å²) >= 11 is 0. The molecule has 2 aromatic carbocycles. The molecule has 2 rings (SSSR count). The van der Waals surface area contributed by atoms with Gasteiger partial charge in [-0.3, -0.25) is 0 Å². The van der Waals surface area contributed by atoms with Crippen molar-refractivity contribution >= 4 is 16.6 Å². The Morgan fingerprint density at radius 2 is 1.76 bits per heavy atom. The Labute approximate surface area is 102 Å². The maximum Gasteiger partial charge on any atom is 0.129 e. The molecule has 17 heavy (non-hydrogen) atoms. The van der Waals surface area contributed by atoms with Crippen LogP contribution >= 0.6 is 0 Å². The Morgan fingerprint density at radius 1 is 1.00 bits per heavy atom. The molecule has 0 aliphatic rings. The zero-order valence-electron chi connectivity index (χ0n) is 10.3. The van der Waals surface area contributed by atoms with Crippen LogP contribution in [0.5, 0.6) is 0 Å². The van der Waals surface area contributed by atoms with Gasteiger partial charge >= 0.3 is 0 Å². The minimum Gasteiger partial charge on any atom is -0.300 e. The third-order valence-electron chi connectivity index (χ3n) is 3.10. The minimum absolute atomic E-state index is 0.294. The van der Waals surface area contributed by atoms with Gasteiger partial charge in [-0.2, -0.15) is 0 Å². The van der Waals surface area contributed by atoms with Crippen LogP contribution in [0.3, 0.4) is 0 Å². The zero-order chi connectivity index (χ0) is 12.1. The first-order chi connectivity index (χ1) is 8.27. The van der Waals surface area contributed by atoms with Crippen LogP contribution in [0.15, 0.2) is 42.5 Å². The van der Waals surface area contributed by atoms with E-state index >= 15 is 0 Å². The van der Waals surface area contributed by atoms with Gasteiger partial charge < -0.3 is 4.79 Å². The van der Waals surface area contributed by atoms with E-state index in [-0.39, 0.29) is 0 Å². The standard InChI is InChI=1S/C16H18O/c1-13(17)7-2-3-8-14-10-6-11-15-9-4-5-12-16(14)15/h4-6,9-12H,2-3,7-8H2,1H3. The summed E-state index contributed by atoms with van der Waals surface area (Å²) in [6, 6.07) is 14.9. The average molecular weight is 226 g/mol. The van der Waals surface area contributed by atoms with Crippen LogP contribution < -0.4 is 0 Å². The number of aryl methyl sites for hydroxylation is 1. The van der Waals surface area contributed by atoms with Gasteiger partial charge in [0, 0.05) is 6.42 Å². The third-order valence-corrected chi connectivity index (χ3v) is 3.10. The van der Waals surface area contributed by atoms with Crippen LogP contribution in [-0.4, -0.2) is 5.78 Å². The lowest BCUT2D eigenvalue weighted by Crippen LogP contribution is -1.92. The molecule has 1 nitrogen and oxygen atoms in total. The molecular weight excluding hydrogens is 208 g/mol. The van der Waals surface area contributed by atoms with Gasteiger partial charge in [0.15, 0.2) is 0 Å². The van der Waals surface area contributed by atoms with Gasteiger partial charge in [-0.25, -0.2) is 0 Å². The minimum atomic E-state index is 0.294. The van der Waals surface area contributed by atoms with Crippen molar-refractivity contribution in [1.82, 2.24) is 0 Å². The molecule has 88 valence electrons. The number of carbonyl (C=O) groups is 1. The number of hydrogen-bond donors (Lipinski definition) is 0. The smallest absolute Gasteiger partial charge is 0.129 e. The lowest BCUT2D eigenvalue weighted by atomic mass is 9.99. The molecule has 1 heteroatoms. The average Bonchev–Trinajstić information content (AvgIpc) is 2.34. The van der Waals surface area contributed by atoms with Gasteiger partial charge in [0.2, 0.25) is 0 Å². The first-order valence-electron chi connectivity index (χ1n) is 6.23. The van der Waals surface area contributed by atoms with Crippen molar-refractivity contribution in [2.24, 2.45) is 0 Å². The van der Waals surface area contributed by atoms with E-state index in [0.717, 1.165) is 19.3 Å². The number of hydrogen-bond acceptors (Lipinski definition) is 1. The van der Waals surface area contributed by atoms with E-state index in [1.807, 2.05) is 0 Å². The molecule has 0 amide bonds. The van der Waals surface area contributed by atoms with Crippen molar-refractivity contribution in [3.63, 3.8) is 0 Å². The molecule has 0 fully saturated rings. The monoisotopic (exact) mass is 226 g/mol. The second kappa shape index (κ2) is 5.62. The Kier molecular flexibility index (Phi) is 3.92. The highest BCUT2D eigenvalue weighted by molar-refractivity contribution is 5.85. The molecule has 0 radical (unpaired) electrons. The number of rotatable bonds is 5. The SMILES string of the molecule is CC(=O)CCCCc1cccc2ccccc12. The molecule has 0 bridgehead atoms. The highest BCUT2D eigenvalue weighted by atomic mass is 16.1. The van der Waals surface area contributed by atoms with Crippen molar-refractivity contribution in [2.45, 2.75) is 32.6 Å². The van der Waals surface area contributed by atoms with Gasteiger partial charge in [0.25, 0.3) is 0 Å². The third kappa shape index (κ3) is 3.16. The molecule has 0 heterocycles. The molecule has 0 aliphatic heterocycles. The van der Waals surface area contributed by atoms with Crippen molar-refractivity contribution < 1.29 is 4.79 Å². The van der Waals surface area contributed by atoms with E-state index in [1.54, 1.807) is 6.92 Å². The summed E-state index contributed by atoms with van der Waals surface area (Å²) in [7, 11) is 0. The number of unbranched alkanes of at least 4 members (excludes halogenated alkanes) is 1. The lowest BCUT2D eigenvalue weighted by Gasteiger charge is -2.05. The van der Waals surface area contributed by atoms with Crippen LogP contribution in [0.4, 0.5) is 0 Å². The van der Waals surface area contributed by atoms with Gasteiger partial charge in [-0.15, -0.1) is 0 Å². The first-order valence-corrected chi connectivity index (χ1v) is 6.23. The van der Waals surface area contributed by atoms with E-state index in [0.29, 0.717) is 12.2 Å². The Balaban J connectivity index is 2.05. The molecule has 0 saturated carbocycles. The molecule has 0 spiro atoms. The molecule has 0 atom stereocenters. The molecule has 0 aliphatic carbocycles. The summed E-state index contributed by atoms with van der Waals surface area (Å²) in [6.07, 6.45) is 3.87. The van der Waals surface area contributed by atoms with E-state index in [2.05, 4.69) is 42.5 Å². The molecular formula is C16H18O. The number of fused-ring (bicyclic) bond motifs is 1. The van der Waals surface area contributed by atoms with E-state index in [1.165, 1.54) is 16.3 Å². The first kappa shape index (κ1) is 11.8. The topological polar surface area (TPSA) is 17.1 Å². The second-order valence-corrected chi connectivity index (χ2v) is 4.55. The predicted octanol–water partition coefficient (Wildman–Crippen LogP) is 4.14. The normalized spacial score (nSPS) is 10.6. The largest absolute Gasteiger partial charge is 0.300 e. The van der Waals surface area contributed by atoms with Gasteiger partial charge in [0.1, 0.15) is 5.78 Å². The van der Waals surface area contributed by atoms with Crippen LogP contribution in [0.1, 0.15) is 31.7 Å². The fourth-order valence-corrected chi connectivity index (χ4v) is 2.20. The Hall–Kier alpha value is -1.63. The summed E-state index contributed by atoms with van der Waals surface area (Å²) in [4.78, 5) is 10.9. The maximum absolute atomic E-state index is 10.9. The van der Waals surface area contributed by atoms with E-state index in [4.69, 9.17) is 0 Å². The van der Waals surface area contributed by atoms with Crippen LogP contribution in [0.25, 0.3) is 10.8 Å². The summed E-state index contributed by atoms with van der Waals surface area (Å²) < 4.78 is 0. The van der Waals surface area contributed by atoms with Crippen molar-refractivity contribution in [1.29, 1.82) is 0 Å². The highest BCUT2D eigenvalue weighted by Gasteiger charge is 2.00. The molecule has 0 aromatic heterocycles. The quantitative estimate of drug-likeness (QED) is 0.700. The summed E-state index contributed by atoms with van der Waals surface area (Å²) in [6.45, 7) is 1.66. The van der Waals surface area contributed by atoms with E-state index in [9.17, 15) is 4.79 Å². The number of carbonyl (C=O) groups excluding carboxylic acids is 1. The fourth-order valence-electron chi connectivity index (χ4n) is 2.20. The van der Waals surface area contributed by atoms with Gasteiger partial charge in [-0.05, 0) is 42.5 Å². The number of benzene rings is 2. The number of Topliss-reactive ketones (excluding diaryl/α,β-unsaturated/α-hetero) is 1. The molecule has 0 N–H and O–H groups in total. The van der Waals surface area contributed by atoms with Crippen molar-refractivity contribution in [3.8, 4) is 0 Å². The summed E-state index contributed by atoms with van der Waals surface area (Å²) in [5.74, 6) is 0.294. The zero-order valence-corrected chi connectivity index (χ0v) is 10.3. The molecule has 2 aromatic rings. The van der Waals surface area contributed by atoms with Gasteiger partial charge in [-0.1, -0.05) is 42.5 Å². The second-order valence-electron chi connectivity index (χ2n) is 4.55. The van der Waals surface area contributed by atoms with E-state index < -0.39 is 0 Å². The maximum atomic E-state index is 10.9. The summed E-state index contributed by atoms with van der Waals surface area (Å²) in [5, 5.41) is 2.65. The number of ketones is 1. The Bertz CT molecular complexity index is 508. The fraction of sp³-hybridized carbons (Fsp3) is 0.312. The van der Waals surface area contributed by atoms with Crippen LogP contribution in [0.2, 0.25) is 0 Å². The molecule has 0 unspecified atom stereocenters. The Morgan fingerprint density at radius 3 is 2.59 bits per heavy atom. The predicted molar refractivity (Wildman–Crippen MR) is 72.2 cm³/mol. The molecule has 0 saturated heterocycles. The highest BCUT2D eigenvalue weighted by Crippen LogP contribution is 2.20.